The molecule has 5 nitrogen and oxygen atoms in total. The summed E-state index contributed by atoms with van der Waals surface area (Å²) in [5, 5.41) is 0. The highest BCUT2D eigenvalue weighted by Gasteiger charge is 2.52. The van der Waals surface area contributed by atoms with E-state index in [1.165, 1.54) is 77.0 Å². The number of allylic oxidation sites excluding steroid dienone is 4. The Kier molecular flexibility index (Phi) is 9.89. The molecule has 2 atom stereocenters. The molecular weight excluding hydrogens is 512 g/mol. The molecule has 6 rings (SSSR count). The molecule has 4 aliphatic carbocycles. The maximum absolute atomic E-state index is 7.12. The summed E-state index contributed by atoms with van der Waals surface area (Å²) in [5.74, 6) is 0.779. The lowest BCUT2D eigenvalue weighted by molar-refractivity contribution is -0.367. The summed E-state index contributed by atoms with van der Waals surface area (Å²) in [7, 11) is 0. The molecule has 2 fully saturated rings. The van der Waals surface area contributed by atoms with Crippen LogP contribution in [0.25, 0.3) is 0 Å². The van der Waals surface area contributed by atoms with E-state index >= 15 is 0 Å². The van der Waals surface area contributed by atoms with Crippen LogP contribution in [0.1, 0.15) is 104 Å². The molecule has 0 saturated carbocycles. The van der Waals surface area contributed by atoms with Gasteiger partial charge in [-0.3, -0.25) is 0 Å². The van der Waals surface area contributed by atoms with Crippen molar-refractivity contribution in [2.45, 2.75) is 116 Å². The maximum Gasteiger partial charge on any atom is 0.170 e. The van der Waals surface area contributed by atoms with Gasteiger partial charge < -0.3 is 23.7 Å². The molecule has 5 heteroatoms. The van der Waals surface area contributed by atoms with E-state index in [1.807, 2.05) is 0 Å². The number of hydrogen-bond acceptors (Lipinski definition) is 5. The van der Waals surface area contributed by atoms with Crippen LogP contribution in [0.4, 0.5) is 0 Å². The number of hydrogen-bond donors (Lipinski definition) is 0. The van der Waals surface area contributed by atoms with Gasteiger partial charge >= 0.3 is 0 Å². The van der Waals surface area contributed by atoms with Crippen LogP contribution in [0.15, 0.2) is 46.6 Å². The molecular formula is C36H54O5. The van der Waals surface area contributed by atoms with Gasteiger partial charge in [-0.1, -0.05) is 60.4 Å². The van der Waals surface area contributed by atoms with Gasteiger partial charge in [-0.15, -0.1) is 0 Å². The molecule has 0 aromatic heterocycles. The van der Waals surface area contributed by atoms with E-state index in [0.29, 0.717) is 51.5 Å². The second-order valence-corrected chi connectivity index (χ2v) is 13.7. The van der Waals surface area contributed by atoms with Gasteiger partial charge in [0.1, 0.15) is 0 Å². The Morgan fingerprint density at radius 1 is 0.585 bits per heavy atom. The molecule has 2 saturated heterocycles. The Hall–Kier alpha value is -1.24. The van der Waals surface area contributed by atoms with Crippen molar-refractivity contribution in [3.8, 4) is 0 Å². The predicted molar refractivity (Wildman–Crippen MR) is 162 cm³/mol. The van der Waals surface area contributed by atoms with E-state index in [4.69, 9.17) is 23.7 Å². The molecule has 2 aliphatic heterocycles. The summed E-state index contributed by atoms with van der Waals surface area (Å²) in [4.78, 5) is 0. The topological polar surface area (TPSA) is 46.2 Å². The maximum atomic E-state index is 7.12. The van der Waals surface area contributed by atoms with Crippen molar-refractivity contribution in [3.05, 3.63) is 46.6 Å². The van der Waals surface area contributed by atoms with Gasteiger partial charge in [0.15, 0.2) is 12.6 Å². The van der Waals surface area contributed by atoms with Crippen LogP contribution in [0.5, 0.6) is 0 Å². The molecule has 2 unspecified atom stereocenters. The molecule has 6 aliphatic rings. The molecule has 0 amide bonds. The zero-order valence-electron chi connectivity index (χ0n) is 25.8. The average molecular weight is 567 g/mol. The van der Waals surface area contributed by atoms with E-state index in [2.05, 4.69) is 38.2 Å². The van der Waals surface area contributed by atoms with E-state index < -0.39 is 0 Å². The van der Waals surface area contributed by atoms with Gasteiger partial charge in [-0.2, -0.15) is 0 Å². The highest BCUT2D eigenvalue weighted by atomic mass is 16.8. The third-order valence-electron chi connectivity index (χ3n) is 11.1. The molecule has 228 valence electrons. The fourth-order valence-electron chi connectivity index (χ4n) is 7.90. The third-order valence-corrected chi connectivity index (χ3v) is 11.1. The minimum absolute atomic E-state index is 0.124. The summed E-state index contributed by atoms with van der Waals surface area (Å²) in [6, 6.07) is 0. The summed E-state index contributed by atoms with van der Waals surface area (Å²) in [5.41, 5.74) is 6.07. The van der Waals surface area contributed by atoms with Gasteiger partial charge in [0, 0.05) is 11.8 Å². The number of rotatable bonds is 16. The summed E-state index contributed by atoms with van der Waals surface area (Å²) >= 11 is 0. The van der Waals surface area contributed by atoms with Gasteiger partial charge in [0.25, 0.3) is 0 Å². The first-order chi connectivity index (χ1) is 20.2. The first-order valence-corrected chi connectivity index (χ1v) is 17.0. The minimum Gasteiger partial charge on any atom is -0.380 e. The fraction of sp³-hybridized carbons (Fsp3) is 0.778. The largest absolute Gasteiger partial charge is 0.380 e. The van der Waals surface area contributed by atoms with Crippen LogP contribution < -0.4 is 0 Å². The minimum atomic E-state index is -0.350. The molecule has 41 heavy (non-hydrogen) atoms. The fourth-order valence-corrected chi connectivity index (χ4v) is 7.90. The predicted octanol–water partition coefficient (Wildman–Crippen LogP) is 8.22. The lowest BCUT2D eigenvalue weighted by atomic mass is 9.80. The third kappa shape index (κ3) is 6.36. The van der Waals surface area contributed by atoms with Crippen LogP contribution in [0.2, 0.25) is 0 Å². The Bertz CT molecular complexity index is 874. The molecule has 0 aromatic rings. The Labute approximate surface area is 248 Å². The highest BCUT2D eigenvalue weighted by molar-refractivity contribution is 5.27. The van der Waals surface area contributed by atoms with Crippen LogP contribution in [0, 0.1) is 22.7 Å². The molecule has 0 spiro atoms. The first-order valence-electron chi connectivity index (χ1n) is 17.0. The van der Waals surface area contributed by atoms with Crippen LogP contribution in [-0.4, -0.2) is 52.2 Å². The van der Waals surface area contributed by atoms with Crippen molar-refractivity contribution in [3.63, 3.8) is 0 Å². The quantitative estimate of drug-likeness (QED) is 0.139. The second-order valence-electron chi connectivity index (χ2n) is 13.7. The summed E-state index contributed by atoms with van der Waals surface area (Å²) in [6.45, 7) is 8.65. The van der Waals surface area contributed by atoms with Crippen LogP contribution >= 0.6 is 0 Å². The van der Waals surface area contributed by atoms with E-state index in [-0.39, 0.29) is 23.4 Å². The Balaban J connectivity index is 1.21. The van der Waals surface area contributed by atoms with E-state index in [1.54, 1.807) is 22.3 Å². The smallest absolute Gasteiger partial charge is 0.170 e. The molecule has 0 N–H and O–H groups in total. The Morgan fingerprint density at radius 2 is 0.927 bits per heavy atom. The van der Waals surface area contributed by atoms with Crippen LogP contribution in [0.3, 0.4) is 0 Å². The highest BCUT2D eigenvalue weighted by Crippen LogP contribution is 2.45. The van der Waals surface area contributed by atoms with E-state index in [9.17, 15) is 0 Å². The zero-order valence-corrected chi connectivity index (χ0v) is 25.8. The Morgan fingerprint density at radius 3 is 1.15 bits per heavy atom. The van der Waals surface area contributed by atoms with Gasteiger partial charge in [0.05, 0.1) is 50.5 Å². The molecule has 0 aromatic carbocycles. The summed E-state index contributed by atoms with van der Waals surface area (Å²) in [6.07, 6.45) is 25.9. The SMILES string of the molecule is CCC1(C(OCC(C2=CCCC2)C2=CCCC2)OC(OCC(C2=CCCC2)C2=CCCC2)C2(CC)COC2)COC1. The van der Waals surface area contributed by atoms with Gasteiger partial charge in [0.2, 0.25) is 0 Å². The van der Waals surface area contributed by atoms with Gasteiger partial charge in [-0.25, -0.2) is 0 Å². The van der Waals surface area contributed by atoms with Crippen molar-refractivity contribution >= 4 is 0 Å². The van der Waals surface area contributed by atoms with Crippen molar-refractivity contribution in [1.82, 2.24) is 0 Å². The first kappa shape index (κ1) is 29.8. The standard InChI is InChI=1S/C36H54O5/c1-3-35(23-37-24-35)33(39-21-31(27-13-5-6-14-27)28-15-7-8-16-28)41-34(36(4-2)25-38-26-36)40-22-32(29-17-9-10-18-29)30-19-11-12-20-30/h13,15,17,19,31-34H,3-12,14,16,18,20-26H2,1-2H3. The van der Waals surface area contributed by atoms with Gasteiger partial charge in [-0.05, 0) is 89.9 Å². The normalized spacial score (nSPS) is 26.4. The van der Waals surface area contributed by atoms with E-state index in [0.717, 1.165) is 12.8 Å². The van der Waals surface area contributed by atoms with Crippen molar-refractivity contribution in [2.75, 3.05) is 39.6 Å². The lowest BCUT2D eigenvalue weighted by Crippen LogP contribution is -2.59. The van der Waals surface area contributed by atoms with Crippen LogP contribution in [-0.2, 0) is 23.7 Å². The molecule has 2 heterocycles. The monoisotopic (exact) mass is 566 g/mol. The number of ether oxygens (including phenoxy) is 5. The average Bonchev–Trinajstić information content (AvgIpc) is 3.76. The molecule has 0 bridgehead atoms. The second kappa shape index (κ2) is 13.6. The molecule has 0 radical (unpaired) electrons. The lowest BCUT2D eigenvalue weighted by Gasteiger charge is -2.51. The van der Waals surface area contributed by atoms with Crippen molar-refractivity contribution in [1.29, 1.82) is 0 Å². The van der Waals surface area contributed by atoms with Crippen molar-refractivity contribution in [2.24, 2.45) is 22.7 Å². The summed E-state index contributed by atoms with van der Waals surface area (Å²) < 4.78 is 32.6. The van der Waals surface area contributed by atoms with Crippen molar-refractivity contribution < 1.29 is 23.7 Å². The zero-order chi connectivity index (χ0) is 28.1.